The fourth-order valence-electron chi connectivity index (χ4n) is 5.01. The maximum Gasteiger partial charge on any atom is 0.331 e. The number of aromatic hydroxyl groups is 2. The molecule has 9 heteroatoms. The first-order chi connectivity index (χ1) is 17.9. The van der Waals surface area contributed by atoms with E-state index in [-0.39, 0.29) is 34.0 Å². The molecule has 0 aliphatic rings. The Hall–Kier alpha value is -2.42. The molecule has 2 rings (SSSR count). The largest absolute Gasteiger partial charge is 0.493 e. The number of rotatable bonds is 19. The summed E-state index contributed by atoms with van der Waals surface area (Å²) in [5.41, 5.74) is 0.0119. The van der Waals surface area contributed by atoms with Gasteiger partial charge in [0.2, 0.25) is 11.8 Å². The molecule has 2 aromatic heterocycles. The first-order valence-electron chi connectivity index (χ1n) is 14.5. The lowest BCUT2D eigenvalue weighted by Crippen LogP contribution is -2.26. The minimum Gasteiger partial charge on any atom is -0.493 e. The Morgan fingerprint density at radius 3 is 1.53 bits per heavy atom. The van der Waals surface area contributed by atoms with Crippen molar-refractivity contribution in [2.75, 3.05) is 13.2 Å². The van der Waals surface area contributed by atoms with Crippen LogP contribution in [0, 0.1) is 10.8 Å². The van der Waals surface area contributed by atoms with E-state index in [1.54, 1.807) is 0 Å². The van der Waals surface area contributed by atoms with Gasteiger partial charge in [0, 0.05) is 39.4 Å². The molecule has 0 spiro atoms. The fraction of sp³-hybridized carbons (Fsp3) is 0.793. The van der Waals surface area contributed by atoms with Crippen LogP contribution >= 0.6 is 0 Å². The first-order valence-corrected chi connectivity index (χ1v) is 14.5. The van der Waals surface area contributed by atoms with Gasteiger partial charge in [-0.15, -0.1) is 0 Å². The molecule has 0 bridgehead atoms. The van der Waals surface area contributed by atoms with Crippen LogP contribution in [0.15, 0.2) is 22.0 Å². The van der Waals surface area contributed by atoms with Gasteiger partial charge in [0.05, 0.1) is 12.4 Å². The van der Waals surface area contributed by atoms with Gasteiger partial charge in [-0.2, -0.15) is 0 Å². The second-order valence-corrected chi connectivity index (χ2v) is 12.1. The van der Waals surface area contributed by atoms with Crippen LogP contribution in [0.5, 0.6) is 11.8 Å². The van der Waals surface area contributed by atoms with E-state index in [0.29, 0.717) is 26.2 Å². The van der Waals surface area contributed by atoms with E-state index in [2.05, 4.69) is 27.7 Å². The molecule has 218 valence electrons. The number of aromatic nitrogens is 4. The van der Waals surface area contributed by atoms with E-state index >= 15 is 0 Å². The van der Waals surface area contributed by atoms with Crippen LogP contribution in [-0.2, 0) is 30.9 Å². The summed E-state index contributed by atoms with van der Waals surface area (Å²) in [4.78, 5) is 24.5. The van der Waals surface area contributed by atoms with Crippen LogP contribution in [0.1, 0.15) is 99.3 Å². The van der Waals surface area contributed by atoms with Gasteiger partial charge in [-0.3, -0.25) is 18.3 Å². The molecular weight excluding hydrogens is 484 g/mol. The summed E-state index contributed by atoms with van der Waals surface area (Å²) in [6.45, 7) is 16.5. The molecule has 38 heavy (non-hydrogen) atoms. The van der Waals surface area contributed by atoms with Gasteiger partial charge in [-0.1, -0.05) is 40.5 Å². The zero-order valence-electron chi connectivity index (χ0n) is 24.7. The van der Waals surface area contributed by atoms with Crippen LogP contribution < -0.4 is 11.4 Å². The zero-order chi connectivity index (χ0) is 28.3. The summed E-state index contributed by atoms with van der Waals surface area (Å²) in [7, 11) is 0. The summed E-state index contributed by atoms with van der Waals surface area (Å²) in [5, 5.41) is 20.0. The molecule has 0 aromatic carbocycles. The molecule has 9 nitrogen and oxygen atoms in total. The number of aryl methyl sites for hydroxylation is 2. The normalized spacial score (nSPS) is 12.5. The van der Waals surface area contributed by atoms with Gasteiger partial charge in [-0.05, 0) is 69.6 Å². The van der Waals surface area contributed by atoms with Crippen molar-refractivity contribution in [1.29, 1.82) is 0 Å². The highest BCUT2D eigenvalue weighted by Crippen LogP contribution is 2.30. The highest BCUT2D eigenvalue weighted by Gasteiger charge is 2.20. The summed E-state index contributed by atoms with van der Waals surface area (Å²) in [6, 6.07) is 0. The van der Waals surface area contributed by atoms with Crippen LogP contribution in [0.25, 0.3) is 0 Å². The zero-order valence-corrected chi connectivity index (χ0v) is 24.7. The Morgan fingerprint density at radius 1 is 0.658 bits per heavy atom. The van der Waals surface area contributed by atoms with Crippen LogP contribution in [0.4, 0.5) is 0 Å². The summed E-state index contributed by atoms with van der Waals surface area (Å²) >= 11 is 0. The highest BCUT2D eigenvalue weighted by molar-refractivity contribution is 5.06. The van der Waals surface area contributed by atoms with E-state index in [1.165, 1.54) is 30.7 Å². The van der Waals surface area contributed by atoms with E-state index < -0.39 is 0 Å². The summed E-state index contributed by atoms with van der Waals surface area (Å²) in [6.07, 6.45) is 12.2. The summed E-state index contributed by atoms with van der Waals surface area (Å²) < 4.78 is 11.9. The smallest absolute Gasteiger partial charge is 0.331 e. The Kier molecular flexibility index (Phi) is 12.3. The van der Waals surface area contributed by atoms with Crippen molar-refractivity contribution in [2.45, 2.75) is 126 Å². The third-order valence-electron chi connectivity index (χ3n) is 7.76. The number of imidazole rings is 2. The van der Waals surface area contributed by atoms with Crippen molar-refractivity contribution in [2.24, 2.45) is 10.8 Å². The molecule has 0 unspecified atom stereocenters. The Bertz CT molecular complexity index is 1090. The third kappa shape index (κ3) is 9.71. The van der Waals surface area contributed by atoms with E-state index in [4.69, 9.17) is 4.74 Å². The predicted octanol–water partition coefficient (Wildman–Crippen LogP) is 5.34. The lowest BCUT2D eigenvalue weighted by molar-refractivity contribution is 0.119. The van der Waals surface area contributed by atoms with Crippen molar-refractivity contribution in [3.8, 4) is 11.8 Å². The van der Waals surface area contributed by atoms with E-state index in [1.807, 2.05) is 13.8 Å². The lowest BCUT2D eigenvalue weighted by atomic mass is 9.83. The monoisotopic (exact) mass is 536 g/mol. The number of unbranched alkanes of at least 4 members (excludes halogenated alkanes) is 2. The quantitative estimate of drug-likeness (QED) is 0.236. The van der Waals surface area contributed by atoms with Crippen molar-refractivity contribution in [3.63, 3.8) is 0 Å². The molecule has 0 saturated heterocycles. The molecule has 0 amide bonds. The standard InChI is InChI=1S/C29H52N4O5/c1-7-30-22-24(34)32(26(30)36)18-13-16-28(3,4)14-9-11-20-38-21-12-10-15-29(5,6)17-19-33-25(35)23-31(8-2)27(33)37/h22-23,34-35H,7-21H2,1-6H3. The van der Waals surface area contributed by atoms with Gasteiger partial charge < -0.3 is 14.9 Å². The minimum atomic E-state index is -0.141. The van der Waals surface area contributed by atoms with E-state index in [0.717, 1.165) is 71.0 Å². The fourth-order valence-corrected chi connectivity index (χ4v) is 5.01. The Labute approximate surface area is 228 Å². The Morgan fingerprint density at radius 2 is 1.08 bits per heavy atom. The first kappa shape index (κ1) is 31.8. The van der Waals surface area contributed by atoms with Crippen molar-refractivity contribution in [1.82, 2.24) is 18.3 Å². The average Bonchev–Trinajstić information content (AvgIpc) is 3.29. The lowest BCUT2D eigenvalue weighted by Gasteiger charge is -2.25. The van der Waals surface area contributed by atoms with Crippen LogP contribution in [-0.4, -0.2) is 41.7 Å². The SMILES string of the molecule is CCn1cc(O)n(CCCC(C)(C)CCCCOCCCCC(C)(C)CCn2c(O)cn(CC)c2=O)c1=O. The predicted molar refractivity (Wildman–Crippen MR) is 152 cm³/mol. The van der Waals surface area contributed by atoms with Gasteiger partial charge in [0.1, 0.15) is 0 Å². The average molecular weight is 537 g/mol. The molecule has 0 fully saturated rings. The van der Waals surface area contributed by atoms with Crippen LogP contribution in [0.3, 0.4) is 0 Å². The van der Waals surface area contributed by atoms with Gasteiger partial charge in [0.25, 0.3) is 0 Å². The number of hydrogen-bond donors (Lipinski definition) is 2. The van der Waals surface area contributed by atoms with E-state index in [9.17, 15) is 19.8 Å². The maximum absolute atomic E-state index is 12.3. The number of hydrogen-bond acceptors (Lipinski definition) is 5. The maximum atomic E-state index is 12.3. The number of nitrogens with zero attached hydrogens (tertiary/aromatic N) is 4. The topological polar surface area (TPSA) is 104 Å². The number of ether oxygens (including phenoxy) is 1. The molecule has 2 aromatic rings. The van der Waals surface area contributed by atoms with Gasteiger partial charge in [0.15, 0.2) is 0 Å². The molecule has 0 saturated carbocycles. The van der Waals surface area contributed by atoms with Crippen molar-refractivity contribution >= 4 is 0 Å². The highest BCUT2D eigenvalue weighted by atomic mass is 16.5. The molecular formula is C29H52N4O5. The molecule has 2 N–H and O–H groups in total. The molecule has 0 radical (unpaired) electrons. The van der Waals surface area contributed by atoms with Gasteiger partial charge >= 0.3 is 11.4 Å². The molecule has 0 atom stereocenters. The van der Waals surface area contributed by atoms with Crippen molar-refractivity contribution < 1.29 is 14.9 Å². The molecule has 2 heterocycles. The summed E-state index contributed by atoms with van der Waals surface area (Å²) in [5.74, 6) is 0.0966. The molecule has 0 aliphatic carbocycles. The second-order valence-electron chi connectivity index (χ2n) is 12.1. The minimum absolute atomic E-state index is 0.0455. The van der Waals surface area contributed by atoms with Crippen LogP contribution in [0.2, 0.25) is 0 Å². The third-order valence-corrected chi connectivity index (χ3v) is 7.76. The van der Waals surface area contributed by atoms with Gasteiger partial charge in [-0.25, -0.2) is 9.59 Å². The Balaban J connectivity index is 1.53. The van der Waals surface area contributed by atoms with Crippen molar-refractivity contribution in [3.05, 3.63) is 33.4 Å². The molecule has 0 aliphatic heterocycles. The second kappa shape index (κ2) is 14.7.